The first-order valence-corrected chi connectivity index (χ1v) is 4.50. The van der Waals surface area contributed by atoms with E-state index in [0.717, 1.165) is 0 Å². The van der Waals surface area contributed by atoms with Crippen LogP contribution in [0.3, 0.4) is 0 Å². The Morgan fingerprint density at radius 1 is 1.92 bits per heavy atom. The highest BCUT2D eigenvalue weighted by Gasteiger charge is 2.29. The quantitative estimate of drug-likeness (QED) is 0.311. The first-order chi connectivity index (χ1) is 5.79. The fourth-order valence-corrected chi connectivity index (χ4v) is 1.97. The van der Waals surface area contributed by atoms with Crippen molar-refractivity contribution in [3.63, 3.8) is 0 Å². The molecule has 0 saturated carbocycles. The number of nitrogens with zero attached hydrogens (tertiary/aromatic N) is 2. The number of hydrogen-bond donors (Lipinski definition) is 1. The zero-order valence-electron chi connectivity index (χ0n) is 6.51. The van der Waals surface area contributed by atoms with Gasteiger partial charge in [0.15, 0.2) is 0 Å². The Morgan fingerprint density at radius 3 is 3.25 bits per heavy atom. The summed E-state index contributed by atoms with van der Waals surface area (Å²) in [7, 11) is 0. The minimum atomic E-state index is -0.0921. The maximum absolute atomic E-state index is 11.1. The van der Waals surface area contributed by atoms with Crippen molar-refractivity contribution < 1.29 is 10.0 Å². The number of thioether (sulfide) groups is 1. The van der Waals surface area contributed by atoms with Crippen LogP contribution in [-0.2, 0) is 0 Å². The third kappa shape index (κ3) is 1.79. The summed E-state index contributed by atoms with van der Waals surface area (Å²) in [5.74, 6) is 0.650. The lowest BCUT2D eigenvalue weighted by Crippen LogP contribution is -2.34. The van der Waals surface area contributed by atoms with Crippen molar-refractivity contribution in [3.8, 4) is 0 Å². The molecule has 1 aliphatic heterocycles. The maximum atomic E-state index is 11.1. The Kier molecular flexibility index (Phi) is 3.16. The molecule has 1 aliphatic rings. The molecule has 0 unspecified atom stereocenters. The molecule has 1 atom stereocenters. The highest BCUT2D eigenvalue weighted by atomic mass is 32.2. The normalized spacial score (nSPS) is 23.8. The van der Waals surface area contributed by atoms with E-state index in [1.54, 1.807) is 11.0 Å². The van der Waals surface area contributed by atoms with Crippen LogP contribution in [-0.4, -0.2) is 39.9 Å². The monoisotopic (exact) mass is 186 g/mol. The number of oxime groups is 1. The molecule has 1 heterocycles. The molecule has 1 N–H and O–H groups in total. The van der Waals surface area contributed by atoms with Crippen LogP contribution >= 0.6 is 11.8 Å². The van der Waals surface area contributed by atoms with Crippen molar-refractivity contribution in [2.45, 2.75) is 6.04 Å². The Labute approximate surface area is 74.9 Å². The minimum Gasteiger partial charge on any atom is -0.411 e. The van der Waals surface area contributed by atoms with Gasteiger partial charge in [-0.1, -0.05) is 23.0 Å². The van der Waals surface area contributed by atoms with Gasteiger partial charge >= 0.3 is 0 Å². The third-order valence-corrected chi connectivity index (χ3v) is 2.57. The van der Waals surface area contributed by atoms with Gasteiger partial charge in [-0.15, -0.1) is 6.58 Å². The van der Waals surface area contributed by atoms with E-state index in [0.29, 0.717) is 12.3 Å². The van der Waals surface area contributed by atoms with Crippen molar-refractivity contribution in [2.75, 3.05) is 12.3 Å². The minimum absolute atomic E-state index is 0.0137. The second-order valence-electron chi connectivity index (χ2n) is 2.35. The first-order valence-electron chi connectivity index (χ1n) is 3.51. The Balaban J connectivity index is 2.62. The van der Waals surface area contributed by atoms with Crippen LogP contribution in [0.25, 0.3) is 0 Å². The molecule has 66 valence electrons. The zero-order valence-corrected chi connectivity index (χ0v) is 7.33. The number of rotatable bonds is 3. The van der Waals surface area contributed by atoms with E-state index in [1.165, 1.54) is 18.0 Å². The van der Waals surface area contributed by atoms with E-state index in [9.17, 15) is 4.79 Å². The fraction of sp³-hybridized carbons (Fsp3) is 0.429. The molecule has 12 heavy (non-hydrogen) atoms. The van der Waals surface area contributed by atoms with E-state index in [2.05, 4.69) is 11.7 Å². The van der Waals surface area contributed by atoms with Crippen molar-refractivity contribution >= 4 is 23.2 Å². The molecule has 1 saturated heterocycles. The largest absolute Gasteiger partial charge is 0.411 e. The standard InChI is InChI=1S/C7H10N2O2S/c1-2-3-9-6(4-8-11)5-12-7(9)10/h2,4,6,11H,1,3,5H2/b8-4+/t6-/m1/s1. The van der Waals surface area contributed by atoms with Crippen molar-refractivity contribution in [1.82, 2.24) is 4.90 Å². The van der Waals surface area contributed by atoms with Gasteiger partial charge in [0.25, 0.3) is 5.24 Å². The number of carbonyl (C=O) groups is 1. The highest BCUT2D eigenvalue weighted by Crippen LogP contribution is 2.22. The molecule has 0 bridgehead atoms. The van der Waals surface area contributed by atoms with Crippen molar-refractivity contribution in [3.05, 3.63) is 12.7 Å². The van der Waals surface area contributed by atoms with Crippen molar-refractivity contribution in [1.29, 1.82) is 0 Å². The van der Waals surface area contributed by atoms with Gasteiger partial charge < -0.3 is 10.1 Å². The Hall–Kier alpha value is -0.970. The summed E-state index contributed by atoms with van der Waals surface area (Å²) in [5.41, 5.74) is 0. The van der Waals surface area contributed by atoms with Gasteiger partial charge in [0.1, 0.15) is 0 Å². The van der Waals surface area contributed by atoms with Gasteiger partial charge in [-0.2, -0.15) is 0 Å². The fourth-order valence-electron chi connectivity index (χ4n) is 1.01. The van der Waals surface area contributed by atoms with Crippen LogP contribution in [0, 0.1) is 0 Å². The highest BCUT2D eigenvalue weighted by molar-refractivity contribution is 8.13. The summed E-state index contributed by atoms with van der Waals surface area (Å²) < 4.78 is 0. The summed E-state index contributed by atoms with van der Waals surface area (Å²) in [6.07, 6.45) is 3.02. The molecule has 0 aromatic heterocycles. The lowest BCUT2D eigenvalue weighted by atomic mass is 10.3. The van der Waals surface area contributed by atoms with E-state index in [1.807, 2.05) is 0 Å². The second kappa shape index (κ2) is 4.15. The molecule has 5 heteroatoms. The summed E-state index contributed by atoms with van der Waals surface area (Å²) in [6, 6.07) is -0.0921. The van der Waals surface area contributed by atoms with E-state index >= 15 is 0 Å². The Bertz CT molecular complexity index is 217. The van der Waals surface area contributed by atoms with Crippen LogP contribution in [0.1, 0.15) is 0 Å². The molecule has 0 aliphatic carbocycles. The first kappa shape index (κ1) is 9.12. The summed E-state index contributed by atoms with van der Waals surface area (Å²) in [6.45, 7) is 4.05. The van der Waals surface area contributed by atoms with Crippen LogP contribution in [0.4, 0.5) is 4.79 Å². The summed E-state index contributed by atoms with van der Waals surface area (Å²) in [5, 5.41) is 11.2. The van der Waals surface area contributed by atoms with Crippen LogP contribution in [0.5, 0.6) is 0 Å². The number of carbonyl (C=O) groups excluding carboxylic acids is 1. The average molecular weight is 186 g/mol. The molecule has 4 nitrogen and oxygen atoms in total. The maximum Gasteiger partial charge on any atom is 0.282 e. The van der Waals surface area contributed by atoms with E-state index < -0.39 is 0 Å². The number of amides is 1. The molecular formula is C7H10N2O2S. The predicted octanol–water partition coefficient (Wildman–Crippen LogP) is 1.17. The topological polar surface area (TPSA) is 52.9 Å². The van der Waals surface area contributed by atoms with Gasteiger partial charge in [0, 0.05) is 12.3 Å². The summed E-state index contributed by atoms with van der Waals surface area (Å²) >= 11 is 1.23. The van der Waals surface area contributed by atoms with E-state index in [4.69, 9.17) is 5.21 Å². The lowest BCUT2D eigenvalue weighted by Gasteiger charge is -2.17. The van der Waals surface area contributed by atoms with Crippen LogP contribution in [0.15, 0.2) is 17.8 Å². The van der Waals surface area contributed by atoms with Crippen LogP contribution < -0.4 is 0 Å². The number of hydrogen-bond acceptors (Lipinski definition) is 4. The van der Waals surface area contributed by atoms with Crippen molar-refractivity contribution in [2.24, 2.45) is 5.16 Å². The second-order valence-corrected chi connectivity index (χ2v) is 3.32. The predicted molar refractivity (Wildman–Crippen MR) is 48.8 cm³/mol. The van der Waals surface area contributed by atoms with Gasteiger partial charge in [-0.05, 0) is 0 Å². The molecule has 1 rings (SSSR count). The smallest absolute Gasteiger partial charge is 0.282 e. The molecular weight excluding hydrogens is 176 g/mol. The molecule has 0 aromatic carbocycles. The molecule has 1 amide bonds. The zero-order chi connectivity index (χ0) is 8.97. The van der Waals surface area contributed by atoms with Gasteiger partial charge in [0.2, 0.25) is 0 Å². The van der Waals surface area contributed by atoms with Gasteiger partial charge in [-0.3, -0.25) is 4.79 Å². The van der Waals surface area contributed by atoms with Gasteiger partial charge in [0.05, 0.1) is 12.3 Å². The SMILES string of the molecule is C=CCN1C(=O)SC[C@H]1/C=N/O. The third-order valence-electron chi connectivity index (χ3n) is 1.58. The van der Waals surface area contributed by atoms with Crippen LogP contribution in [0.2, 0.25) is 0 Å². The van der Waals surface area contributed by atoms with E-state index in [-0.39, 0.29) is 11.3 Å². The Morgan fingerprint density at radius 2 is 2.67 bits per heavy atom. The summed E-state index contributed by atoms with van der Waals surface area (Å²) in [4.78, 5) is 12.8. The molecule has 0 aromatic rings. The van der Waals surface area contributed by atoms with Gasteiger partial charge in [-0.25, -0.2) is 0 Å². The molecule has 1 fully saturated rings. The molecule has 0 spiro atoms. The molecule has 0 radical (unpaired) electrons. The lowest BCUT2D eigenvalue weighted by molar-refractivity contribution is 0.228. The average Bonchev–Trinajstić information content (AvgIpc) is 2.37.